The molecule has 0 bridgehead atoms. The third kappa shape index (κ3) is 5.63. The molecule has 0 spiro atoms. The average molecular weight is 412 g/mol. The maximum Gasteiger partial charge on any atom is 0.243 e. The van der Waals surface area contributed by atoms with Gasteiger partial charge in [0.25, 0.3) is 0 Å². The van der Waals surface area contributed by atoms with E-state index < -0.39 is 20.0 Å². The molecule has 0 aromatic heterocycles. The molecule has 2 rings (SSSR count). The van der Waals surface area contributed by atoms with E-state index in [9.17, 15) is 16.8 Å². The molecule has 1 aliphatic heterocycles. The summed E-state index contributed by atoms with van der Waals surface area (Å²) in [6.07, 6.45) is 2.76. The van der Waals surface area contributed by atoms with E-state index >= 15 is 0 Å². The van der Waals surface area contributed by atoms with Crippen LogP contribution in [-0.4, -0.2) is 53.9 Å². The lowest BCUT2D eigenvalue weighted by Crippen LogP contribution is -2.37. The van der Waals surface area contributed by atoms with E-state index in [1.54, 1.807) is 7.05 Å². The summed E-state index contributed by atoms with van der Waals surface area (Å²) in [5.74, 6) is 0. The van der Waals surface area contributed by atoms with Crippen molar-refractivity contribution in [3.63, 3.8) is 0 Å². The van der Waals surface area contributed by atoms with Crippen LogP contribution in [0.1, 0.15) is 26.2 Å². The fraction of sp³-hybridized carbons (Fsp3) is 0.600. The highest BCUT2D eigenvalue weighted by molar-refractivity contribution is 7.89. The predicted molar refractivity (Wildman–Crippen MR) is 100 cm³/mol. The smallest absolute Gasteiger partial charge is 0.243 e. The Morgan fingerprint density at radius 2 is 1.52 bits per heavy atom. The molecule has 0 saturated carbocycles. The van der Waals surface area contributed by atoms with Gasteiger partial charge in [0.1, 0.15) is 0 Å². The Balaban J connectivity index is 0.00000312. The molecule has 2 N–H and O–H groups in total. The minimum atomic E-state index is -3.65. The largest absolute Gasteiger partial charge is 0.316 e. The number of nitrogens with one attached hydrogen (secondary N) is 2. The summed E-state index contributed by atoms with van der Waals surface area (Å²) in [4.78, 5) is 0.190. The van der Waals surface area contributed by atoms with Crippen LogP contribution >= 0.6 is 12.4 Å². The molecule has 0 amide bonds. The molecular weight excluding hydrogens is 386 g/mol. The molecule has 1 saturated heterocycles. The van der Waals surface area contributed by atoms with Crippen molar-refractivity contribution in [3.8, 4) is 0 Å². The summed E-state index contributed by atoms with van der Waals surface area (Å²) < 4.78 is 53.5. The SMILES string of the molecule is CNC(C)CNS(=O)(=O)c1ccc(S(=O)(=O)N2CCCCC2)cc1.Cl. The number of likely N-dealkylation sites (N-methyl/N-ethyl adjacent to an activating group) is 1. The van der Waals surface area contributed by atoms with E-state index in [0.717, 1.165) is 19.3 Å². The highest BCUT2D eigenvalue weighted by Gasteiger charge is 2.26. The van der Waals surface area contributed by atoms with Crippen LogP contribution in [0.25, 0.3) is 0 Å². The van der Waals surface area contributed by atoms with Crippen molar-refractivity contribution in [1.29, 1.82) is 0 Å². The van der Waals surface area contributed by atoms with E-state index in [1.807, 2.05) is 6.92 Å². The summed E-state index contributed by atoms with van der Waals surface area (Å²) >= 11 is 0. The third-order valence-corrected chi connectivity index (χ3v) is 7.51. The Labute approximate surface area is 156 Å². The Morgan fingerprint density at radius 1 is 1.00 bits per heavy atom. The van der Waals surface area contributed by atoms with Gasteiger partial charge in [-0.15, -0.1) is 12.4 Å². The van der Waals surface area contributed by atoms with Crippen molar-refractivity contribution >= 4 is 32.5 Å². The monoisotopic (exact) mass is 411 g/mol. The van der Waals surface area contributed by atoms with Gasteiger partial charge in [-0.05, 0) is 51.1 Å². The predicted octanol–water partition coefficient (Wildman–Crippen LogP) is 1.17. The highest BCUT2D eigenvalue weighted by atomic mass is 35.5. The lowest BCUT2D eigenvalue weighted by atomic mass is 10.2. The molecule has 1 aromatic rings. The van der Waals surface area contributed by atoms with Crippen LogP contribution in [0.3, 0.4) is 0 Å². The second kappa shape index (κ2) is 9.29. The number of hydrogen-bond donors (Lipinski definition) is 2. The van der Waals surface area contributed by atoms with Crippen LogP contribution < -0.4 is 10.0 Å². The maximum atomic E-state index is 12.6. The summed E-state index contributed by atoms with van der Waals surface area (Å²) in [7, 11) is -5.45. The third-order valence-electron chi connectivity index (χ3n) is 4.16. The van der Waals surface area contributed by atoms with Gasteiger partial charge >= 0.3 is 0 Å². The first-order chi connectivity index (χ1) is 11.3. The van der Waals surface area contributed by atoms with E-state index in [0.29, 0.717) is 13.1 Å². The molecule has 10 heteroatoms. The van der Waals surface area contributed by atoms with Crippen molar-refractivity contribution in [2.75, 3.05) is 26.7 Å². The van der Waals surface area contributed by atoms with Crippen molar-refractivity contribution in [2.24, 2.45) is 0 Å². The molecule has 1 heterocycles. The molecule has 1 atom stereocenters. The lowest BCUT2D eigenvalue weighted by Gasteiger charge is -2.25. The molecule has 1 unspecified atom stereocenters. The lowest BCUT2D eigenvalue weighted by molar-refractivity contribution is 0.346. The van der Waals surface area contributed by atoms with Gasteiger partial charge in [0.2, 0.25) is 20.0 Å². The molecule has 0 aliphatic carbocycles. The Kier molecular flexibility index (Phi) is 8.30. The topological polar surface area (TPSA) is 95.6 Å². The van der Waals surface area contributed by atoms with E-state index in [1.165, 1.54) is 28.6 Å². The van der Waals surface area contributed by atoms with Gasteiger partial charge in [-0.1, -0.05) is 6.42 Å². The molecule has 7 nitrogen and oxygen atoms in total. The van der Waals surface area contributed by atoms with Crippen LogP contribution in [0, 0.1) is 0 Å². The number of piperidine rings is 1. The van der Waals surface area contributed by atoms with E-state index in [2.05, 4.69) is 10.0 Å². The molecule has 25 heavy (non-hydrogen) atoms. The minimum Gasteiger partial charge on any atom is -0.316 e. The minimum absolute atomic E-state index is 0. The van der Waals surface area contributed by atoms with Gasteiger partial charge in [0.05, 0.1) is 9.79 Å². The second-order valence-corrected chi connectivity index (χ2v) is 9.68. The highest BCUT2D eigenvalue weighted by Crippen LogP contribution is 2.21. The maximum absolute atomic E-state index is 12.6. The Bertz CT molecular complexity index is 745. The van der Waals surface area contributed by atoms with Gasteiger partial charge in [0, 0.05) is 25.7 Å². The molecule has 144 valence electrons. The fourth-order valence-electron chi connectivity index (χ4n) is 2.47. The molecule has 1 aromatic carbocycles. The van der Waals surface area contributed by atoms with Gasteiger partial charge in [-0.3, -0.25) is 0 Å². The number of sulfonamides is 2. The summed E-state index contributed by atoms with van der Waals surface area (Å²) in [6, 6.07) is 5.39. The van der Waals surface area contributed by atoms with Crippen molar-refractivity contribution in [3.05, 3.63) is 24.3 Å². The first-order valence-electron chi connectivity index (χ1n) is 8.04. The summed E-state index contributed by atoms with van der Waals surface area (Å²) in [5, 5.41) is 2.94. The molecule has 1 aliphatic rings. The number of halogens is 1. The van der Waals surface area contributed by atoms with E-state index in [-0.39, 0.29) is 34.8 Å². The first kappa shape index (κ1) is 22.3. The number of nitrogens with zero attached hydrogens (tertiary/aromatic N) is 1. The van der Waals surface area contributed by atoms with Gasteiger partial charge in [0.15, 0.2) is 0 Å². The second-order valence-electron chi connectivity index (χ2n) is 5.98. The number of benzene rings is 1. The normalized spacial score (nSPS) is 17.7. The molecular formula is C15H26ClN3O4S2. The number of rotatable bonds is 7. The van der Waals surface area contributed by atoms with Crippen molar-refractivity contribution in [1.82, 2.24) is 14.3 Å². The standard InChI is InChI=1S/C15H25N3O4S2.ClH/c1-13(16-2)12-17-23(19,20)14-6-8-15(9-7-14)24(21,22)18-10-4-3-5-11-18;/h6-9,13,16-17H,3-5,10-12H2,1-2H3;1H. The summed E-state index contributed by atoms with van der Waals surface area (Å²) in [5.41, 5.74) is 0. The van der Waals surface area contributed by atoms with Crippen LogP contribution in [0.4, 0.5) is 0 Å². The Hall–Kier alpha value is -0.710. The fourth-order valence-corrected chi connectivity index (χ4v) is 5.11. The number of hydrogen-bond acceptors (Lipinski definition) is 5. The molecule has 0 radical (unpaired) electrons. The average Bonchev–Trinajstić information content (AvgIpc) is 2.60. The van der Waals surface area contributed by atoms with Crippen molar-refractivity contribution < 1.29 is 16.8 Å². The van der Waals surface area contributed by atoms with Crippen LogP contribution in [0.5, 0.6) is 0 Å². The van der Waals surface area contributed by atoms with Crippen LogP contribution in [0.2, 0.25) is 0 Å². The summed E-state index contributed by atoms with van der Waals surface area (Å²) in [6.45, 7) is 3.15. The van der Waals surface area contributed by atoms with Gasteiger partial charge in [-0.2, -0.15) is 4.31 Å². The zero-order chi connectivity index (χ0) is 17.8. The van der Waals surface area contributed by atoms with E-state index in [4.69, 9.17) is 0 Å². The Morgan fingerprint density at radius 3 is 2.04 bits per heavy atom. The van der Waals surface area contributed by atoms with Gasteiger partial charge in [-0.25, -0.2) is 21.6 Å². The van der Waals surface area contributed by atoms with Crippen LogP contribution in [0.15, 0.2) is 34.1 Å². The zero-order valence-electron chi connectivity index (χ0n) is 14.4. The molecule has 1 fully saturated rings. The van der Waals surface area contributed by atoms with Crippen LogP contribution in [-0.2, 0) is 20.0 Å². The first-order valence-corrected chi connectivity index (χ1v) is 11.0. The zero-order valence-corrected chi connectivity index (χ0v) is 16.9. The van der Waals surface area contributed by atoms with Crippen molar-refractivity contribution in [2.45, 2.75) is 42.0 Å². The van der Waals surface area contributed by atoms with Gasteiger partial charge < -0.3 is 5.32 Å². The quantitative estimate of drug-likeness (QED) is 0.702.